The Labute approximate surface area is 54.4 Å². The van der Waals surface area contributed by atoms with E-state index < -0.39 is 0 Å². The smallest absolute Gasteiger partial charge is 0.136 e. The summed E-state index contributed by atoms with van der Waals surface area (Å²) in [7, 11) is 0. The summed E-state index contributed by atoms with van der Waals surface area (Å²) in [6, 6.07) is 0. The summed E-state index contributed by atoms with van der Waals surface area (Å²) < 4.78 is 0. The second kappa shape index (κ2) is 1.09. The lowest BCUT2D eigenvalue weighted by Gasteiger charge is -1.98. The average molecular weight is 122 g/mol. The van der Waals surface area contributed by atoms with E-state index in [9.17, 15) is 4.79 Å². The van der Waals surface area contributed by atoms with Crippen molar-refractivity contribution < 1.29 is 4.79 Å². The number of Topliss-reactive ketones (excluding diaryl/α,β-unsaturated/α-hetero) is 1. The van der Waals surface area contributed by atoms with Gasteiger partial charge in [0.1, 0.15) is 5.78 Å². The van der Waals surface area contributed by atoms with Crippen LogP contribution in [0.2, 0.25) is 0 Å². The molecule has 4 atom stereocenters. The molecule has 9 heavy (non-hydrogen) atoms. The molecule has 3 rings (SSSR count). The van der Waals surface area contributed by atoms with Gasteiger partial charge in [-0.1, -0.05) is 0 Å². The SMILES string of the molecule is O=C1C[C@@H]2CCC3C1[C@@H]32. The fourth-order valence-electron chi connectivity index (χ4n) is 3.10. The number of fused-ring (bicyclic) bond motifs is 1. The molecule has 0 N–H and O–H groups in total. The van der Waals surface area contributed by atoms with Crippen molar-refractivity contribution in [1.82, 2.24) is 0 Å². The zero-order valence-corrected chi connectivity index (χ0v) is 5.34. The van der Waals surface area contributed by atoms with Crippen molar-refractivity contribution in [1.29, 1.82) is 0 Å². The van der Waals surface area contributed by atoms with Crippen LogP contribution < -0.4 is 0 Å². The van der Waals surface area contributed by atoms with E-state index >= 15 is 0 Å². The highest BCUT2D eigenvalue weighted by Gasteiger charge is 2.65. The van der Waals surface area contributed by atoms with Crippen molar-refractivity contribution >= 4 is 5.78 Å². The van der Waals surface area contributed by atoms with Crippen LogP contribution in [-0.4, -0.2) is 5.78 Å². The molecule has 3 fully saturated rings. The molecule has 3 aliphatic carbocycles. The van der Waals surface area contributed by atoms with E-state index in [0.29, 0.717) is 11.7 Å². The molecule has 0 bridgehead atoms. The van der Waals surface area contributed by atoms with Crippen LogP contribution in [0.1, 0.15) is 19.3 Å². The second-order valence-electron chi connectivity index (χ2n) is 3.77. The second-order valence-corrected chi connectivity index (χ2v) is 3.77. The highest BCUT2D eigenvalue weighted by Crippen LogP contribution is 2.66. The van der Waals surface area contributed by atoms with Gasteiger partial charge in [0.15, 0.2) is 0 Å². The van der Waals surface area contributed by atoms with Crippen molar-refractivity contribution in [2.75, 3.05) is 0 Å². The number of hydrogen-bond donors (Lipinski definition) is 0. The molecular formula is C8H10O. The molecule has 0 amide bonds. The number of hydrogen-bond acceptors (Lipinski definition) is 1. The molecule has 0 spiro atoms. The molecule has 1 heteroatoms. The molecule has 48 valence electrons. The number of carbonyl (C=O) groups is 1. The van der Waals surface area contributed by atoms with E-state index in [1.54, 1.807) is 0 Å². The summed E-state index contributed by atoms with van der Waals surface area (Å²) in [5.41, 5.74) is 0. The molecule has 0 saturated heterocycles. The van der Waals surface area contributed by atoms with Crippen molar-refractivity contribution in [2.24, 2.45) is 23.7 Å². The van der Waals surface area contributed by atoms with E-state index in [0.717, 1.165) is 24.2 Å². The van der Waals surface area contributed by atoms with Crippen LogP contribution in [0.3, 0.4) is 0 Å². The fraction of sp³-hybridized carbons (Fsp3) is 0.875. The van der Waals surface area contributed by atoms with Gasteiger partial charge in [-0.3, -0.25) is 4.79 Å². The zero-order valence-electron chi connectivity index (χ0n) is 5.34. The molecule has 0 heterocycles. The quantitative estimate of drug-likeness (QED) is 0.472. The van der Waals surface area contributed by atoms with Gasteiger partial charge in [-0.15, -0.1) is 0 Å². The standard InChI is InChI=1S/C8H10O/c9-6-3-4-1-2-5-7(4)8(5)6/h4-5,7-8H,1-3H2/t4-,5?,7+,8?/m0/s1. The van der Waals surface area contributed by atoms with Crippen molar-refractivity contribution in [3.05, 3.63) is 0 Å². The Morgan fingerprint density at radius 2 is 2.22 bits per heavy atom. The molecule has 3 aliphatic rings. The highest BCUT2D eigenvalue weighted by molar-refractivity contribution is 5.88. The van der Waals surface area contributed by atoms with Crippen LogP contribution in [0.15, 0.2) is 0 Å². The maximum Gasteiger partial charge on any atom is 0.136 e. The Balaban J connectivity index is 2.05. The number of rotatable bonds is 0. The van der Waals surface area contributed by atoms with Gasteiger partial charge in [0, 0.05) is 12.3 Å². The molecule has 3 saturated carbocycles. The third kappa shape index (κ3) is 0.347. The number of ketones is 1. The lowest BCUT2D eigenvalue weighted by Crippen LogP contribution is -1.97. The molecule has 0 aromatic rings. The minimum Gasteiger partial charge on any atom is -0.299 e. The van der Waals surface area contributed by atoms with Gasteiger partial charge in [-0.25, -0.2) is 0 Å². The fourth-order valence-corrected chi connectivity index (χ4v) is 3.10. The monoisotopic (exact) mass is 122 g/mol. The van der Waals surface area contributed by atoms with E-state index in [4.69, 9.17) is 0 Å². The average Bonchev–Trinajstić information content (AvgIpc) is 2.34. The Bertz CT molecular complexity index is 185. The maximum absolute atomic E-state index is 11.1. The van der Waals surface area contributed by atoms with E-state index in [1.807, 2.05) is 0 Å². The summed E-state index contributed by atoms with van der Waals surface area (Å²) in [5, 5.41) is 0. The normalized spacial score (nSPS) is 60.2. The minimum atomic E-state index is 0.573. The van der Waals surface area contributed by atoms with Gasteiger partial charge >= 0.3 is 0 Å². The highest BCUT2D eigenvalue weighted by atomic mass is 16.1. The van der Waals surface area contributed by atoms with Gasteiger partial charge in [-0.05, 0) is 30.6 Å². The Kier molecular flexibility index (Phi) is 0.544. The van der Waals surface area contributed by atoms with Crippen molar-refractivity contribution in [3.8, 4) is 0 Å². The first kappa shape index (κ1) is 4.48. The van der Waals surface area contributed by atoms with Gasteiger partial charge in [0.2, 0.25) is 0 Å². The predicted octanol–water partition coefficient (Wildman–Crippen LogP) is 1.23. The Morgan fingerprint density at radius 3 is 2.78 bits per heavy atom. The van der Waals surface area contributed by atoms with Crippen LogP contribution in [0.25, 0.3) is 0 Å². The predicted molar refractivity (Wildman–Crippen MR) is 32.8 cm³/mol. The first-order chi connectivity index (χ1) is 4.38. The lowest BCUT2D eigenvalue weighted by atomic mass is 10.1. The van der Waals surface area contributed by atoms with E-state index in [-0.39, 0.29) is 0 Å². The molecule has 2 unspecified atom stereocenters. The summed E-state index contributed by atoms with van der Waals surface area (Å²) in [4.78, 5) is 11.1. The summed E-state index contributed by atoms with van der Waals surface area (Å²) in [6.45, 7) is 0. The van der Waals surface area contributed by atoms with E-state index in [1.165, 1.54) is 12.8 Å². The van der Waals surface area contributed by atoms with Gasteiger partial charge in [-0.2, -0.15) is 0 Å². The van der Waals surface area contributed by atoms with Crippen LogP contribution in [0.4, 0.5) is 0 Å². The molecule has 0 radical (unpaired) electrons. The van der Waals surface area contributed by atoms with Gasteiger partial charge in [0.05, 0.1) is 0 Å². The van der Waals surface area contributed by atoms with Gasteiger partial charge in [0.25, 0.3) is 0 Å². The Hall–Kier alpha value is -0.330. The first-order valence-corrected chi connectivity index (χ1v) is 3.90. The van der Waals surface area contributed by atoms with Crippen LogP contribution in [0, 0.1) is 23.7 Å². The van der Waals surface area contributed by atoms with E-state index in [2.05, 4.69) is 0 Å². The topological polar surface area (TPSA) is 17.1 Å². The summed E-state index contributed by atoms with van der Waals surface area (Å²) >= 11 is 0. The zero-order chi connectivity index (χ0) is 6.01. The third-order valence-electron chi connectivity index (χ3n) is 3.48. The summed E-state index contributed by atoms with van der Waals surface area (Å²) in [5.74, 6) is 3.76. The molecule has 0 aromatic heterocycles. The largest absolute Gasteiger partial charge is 0.299 e. The number of carbonyl (C=O) groups excluding carboxylic acids is 1. The lowest BCUT2D eigenvalue weighted by molar-refractivity contribution is -0.119. The third-order valence-corrected chi connectivity index (χ3v) is 3.48. The first-order valence-electron chi connectivity index (χ1n) is 3.90. The van der Waals surface area contributed by atoms with Crippen LogP contribution >= 0.6 is 0 Å². The Morgan fingerprint density at radius 1 is 1.33 bits per heavy atom. The molecule has 0 aliphatic heterocycles. The van der Waals surface area contributed by atoms with Crippen molar-refractivity contribution in [3.63, 3.8) is 0 Å². The minimum absolute atomic E-state index is 0.573. The molecule has 0 aromatic carbocycles. The van der Waals surface area contributed by atoms with Crippen LogP contribution in [0.5, 0.6) is 0 Å². The van der Waals surface area contributed by atoms with Gasteiger partial charge < -0.3 is 0 Å². The molecular weight excluding hydrogens is 112 g/mol. The van der Waals surface area contributed by atoms with Crippen molar-refractivity contribution in [2.45, 2.75) is 19.3 Å². The maximum atomic E-state index is 11.1. The van der Waals surface area contributed by atoms with Crippen LogP contribution in [-0.2, 0) is 4.79 Å². The summed E-state index contributed by atoms with van der Waals surface area (Å²) in [6.07, 6.45) is 3.66. The molecule has 1 nitrogen and oxygen atoms in total.